The molecule has 1 atom stereocenters. The topological polar surface area (TPSA) is 33.1 Å². The van der Waals surface area contributed by atoms with Gasteiger partial charge in [0.15, 0.2) is 0 Å². The number of nitrogens with zero attached hydrogens (tertiary/aromatic N) is 1. The molecule has 1 N–H and O–H groups in total. The molecule has 3 heteroatoms. The van der Waals surface area contributed by atoms with Crippen molar-refractivity contribution in [3.63, 3.8) is 0 Å². The van der Waals surface area contributed by atoms with E-state index in [2.05, 4.69) is 27.5 Å². The van der Waals surface area contributed by atoms with Crippen molar-refractivity contribution < 1.29 is 5.11 Å². The SMILES string of the molecule is C=C(C[C@@H](C)CO)c1ccc(Br)cn1. The Hall–Kier alpha value is -0.670. The van der Waals surface area contributed by atoms with Gasteiger partial charge in [0.2, 0.25) is 0 Å². The first-order valence-electron chi connectivity index (χ1n) is 4.54. The van der Waals surface area contributed by atoms with Crippen molar-refractivity contribution in [2.24, 2.45) is 5.92 Å². The Morgan fingerprint density at radius 2 is 2.36 bits per heavy atom. The fourth-order valence-electron chi connectivity index (χ4n) is 1.17. The Labute approximate surface area is 92.8 Å². The van der Waals surface area contributed by atoms with Gasteiger partial charge in [0.1, 0.15) is 0 Å². The molecule has 76 valence electrons. The molecule has 0 spiro atoms. The predicted octanol–water partition coefficient (Wildman–Crippen LogP) is 2.88. The van der Waals surface area contributed by atoms with Crippen molar-refractivity contribution in [1.29, 1.82) is 0 Å². The maximum absolute atomic E-state index is 8.91. The van der Waals surface area contributed by atoms with E-state index in [1.165, 1.54) is 0 Å². The van der Waals surface area contributed by atoms with E-state index in [1.54, 1.807) is 6.20 Å². The van der Waals surface area contributed by atoms with Gasteiger partial charge in [-0.3, -0.25) is 4.98 Å². The molecule has 0 saturated heterocycles. The lowest BCUT2D eigenvalue weighted by molar-refractivity contribution is 0.240. The van der Waals surface area contributed by atoms with Crippen LogP contribution in [0, 0.1) is 5.92 Å². The van der Waals surface area contributed by atoms with Gasteiger partial charge in [-0.15, -0.1) is 0 Å². The maximum Gasteiger partial charge on any atom is 0.0656 e. The van der Waals surface area contributed by atoms with Crippen molar-refractivity contribution in [2.45, 2.75) is 13.3 Å². The van der Waals surface area contributed by atoms with Crippen LogP contribution in [0.3, 0.4) is 0 Å². The van der Waals surface area contributed by atoms with E-state index in [0.717, 1.165) is 22.2 Å². The Morgan fingerprint density at radius 1 is 1.64 bits per heavy atom. The Bertz CT molecular complexity index is 308. The number of aliphatic hydroxyl groups excluding tert-OH is 1. The highest BCUT2D eigenvalue weighted by Gasteiger charge is 2.05. The minimum atomic E-state index is 0.190. The van der Waals surface area contributed by atoms with Crippen molar-refractivity contribution in [3.8, 4) is 0 Å². The third-order valence-corrected chi connectivity index (χ3v) is 2.47. The molecule has 0 aliphatic carbocycles. The molecule has 2 nitrogen and oxygen atoms in total. The summed E-state index contributed by atoms with van der Waals surface area (Å²) in [7, 11) is 0. The fourth-order valence-corrected chi connectivity index (χ4v) is 1.41. The van der Waals surface area contributed by atoms with E-state index < -0.39 is 0 Å². The standard InChI is InChI=1S/C11H14BrNO/c1-8(7-14)5-9(2)11-4-3-10(12)6-13-11/h3-4,6,8,14H,2,5,7H2,1H3/t8-/m1/s1. The first-order valence-corrected chi connectivity index (χ1v) is 5.33. The van der Waals surface area contributed by atoms with Gasteiger partial charge in [-0.2, -0.15) is 0 Å². The highest BCUT2D eigenvalue weighted by atomic mass is 79.9. The van der Waals surface area contributed by atoms with E-state index in [-0.39, 0.29) is 12.5 Å². The van der Waals surface area contributed by atoms with Gasteiger partial charge in [-0.25, -0.2) is 0 Å². The predicted molar refractivity (Wildman–Crippen MR) is 61.8 cm³/mol. The zero-order chi connectivity index (χ0) is 10.6. The third-order valence-electron chi connectivity index (χ3n) is 2.00. The highest BCUT2D eigenvalue weighted by Crippen LogP contribution is 2.19. The molecule has 1 aromatic rings. The molecule has 0 fully saturated rings. The van der Waals surface area contributed by atoms with Gasteiger partial charge >= 0.3 is 0 Å². The molecule has 0 aliphatic heterocycles. The number of hydrogen-bond acceptors (Lipinski definition) is 2. The van der Waals surface area contributed by atoms with Crippen LogP contribution >= 0.6 is 15.9 Å². The zero-order valence-corrected chi connectivity index (χ0v) is 9.79. The van der Waals surface area contributed by atoms with Crippen LogP contribution in [0.2, 0.25) is 0 Å². The van der Waals surface area contributed by atoms with E-state index in [0.29, 0.717) is 0 Å². The second kappa shape index (κ2) is 5.27. The van der Waals surface area contributed by atoms with Gasteiger partial charge in [0.25, 0.3) is 0 Å². The number of allylic oxidation sites excluding steroid dienone is 1. The number of aliphatic hydroxyl groups is 1. The average Bonchev–Trinajstić information content (AvgIpc) is 2.18. The summed E-state index contributed by atoms with van der Waals surface area (Å²) < 4.78 is 0.962. The Kier molecular flexibility index (Phi) is 4.29. The van der Waals surface area contributed by atoms with Crippen LogP contribution in [0.25, 0.3) is 5.57 Å². The van der Waals surface area contributed by atoms with E-state index in [9.17, 15) is 0 Å². The first-order chi connectivity index (χ1) is 6.63. The normalized spacial score (nSPS) is 12.5. The summed E-state index contributed by atoms with van der Waals surface area (Å²) in [6.07, 6.45) is 2.54. The number of pyridine rings is 1. The molecule has 1 heterocycles. The molecule has 0 aromatic carbocycles. The summed E-state index contributed by atoms with van der Waals surface area (Å²) in [6, 6.07) is 3.87. The molecule has 14 heavy (non-hydrogen) atoms. The third kappa shape index (κ3) is 3.24. The molecule has 1 rings (SSSR count). The van der Waals surface area contributed by atoms with Crippen molar-refractivity contribution in [3.05, 3.63) is 35.1 Å². The van der Waals surface area contributed by atoms with Crippen LogP contribution in [0.5, 0.6) is 0 Å². The largest absolute Gasteiger partial charge is 0.396 e. The number of aromatic nitrogens is 1. The van der Waals surface area contributed by atoms with Gasteiger partial charge < -0.3 is 5.11 Å². The number of hydrogen-bond donors (Lipinski definition) is 1. The monoisotopic (exact) mass is 255 g/mol. The summed E-state index contributed by atoms with van der Waals surface area (Å²) >= 11 is 3.33. The summed E-state index contributed by atoms with van der Waals surface area (Å²) in [5, 5.41) is 8.91. The fraction of sp³-hybridized carbons (Fsp3) is 0.364. The second-order valence-electron chi connectivity index (χ2n) is 3.46. The minimum absolute atomic E-state index is 0.190. The Morgan fingerprint density at radius 3 is 2.86 bits per heavy atom. The zero-order valence-electron chi connectivity index (χ0n) is 8.20. The number of rotatable bonds is 4. The van der Waals surface area contributed by atoms with Crippen LogP contribution in [-0.2, 0) is 0 Å². The van der Waals surface area contributed by atoms with Gasteiger partial charge in [0, 0.05) is 17.3 Å². The lowest BCUT2D eigenvalue weighted by atomic mass is 10.0. The smallest absolute Gasteiger partial charge is 0.0656 e. The number of halogens is 1. The molecular weight excluding hydrogens is 242 g/mol. The highest BCUT2D eigenvalue weighted by molar-refractivity contribution is 9.10. The van der Waals surface area contributed by atoms with Crippen molar-refractivity contribution in [2.75, 3.05) is 6.61 Å². The summed E-state index contributed by atoms with van der Waals surface area (Å²) in [4.78, 5) is 4.24. The van der Waals surface area contributed by atoms with Crippen LogP contribution < -0.4 is 0 Å². The molecule has 0 saturated carbocycles. The van der Waals surface area contributed by atoms with Crippen LogP contribution in [0.4, 0.5) is 0 Å². The van der Waals surface area contributed by atoms with E-state index in [4.69, 9.17) is 5.11 Å². The van der Waals surface area contributed by atoms with Crippen molar-refractivity contribution >= 4 is 21.5 Å². The molecule has 0 radical (unpaired) electrons. The van der Waals surface area contributed by atoms with Gasteiger partial charge in [-0.1, -0.05) is 13.5 Å². The second-order valence-corrected chi connectivity index (χ2v) is 4.37. The van der Waals surface area contributed by atoms with E-state index >= 15 is 0 Å². The van der Waals surface area contributed by atoms with Crippen LogP contribution in [0.15, 0.2) is 29.4 Å². The lowest BCUT2D eigenvalue weighted by Gasteiger charge is -2.09. The van der Waals surface area contributed by atoms with Crippen LogP contribution in [-0.4, -0.2) is 16.7 Å². The van der Waals surface area contributed by atoms with Gasteiger partial charge in [0.05, 0.1) is 5.69 Å². The Balaban J connectivity index is 2.65. The molecular formula is C11H14BrNO. The molecule has 0 amide bonds. The lowest BCUT2D eigenvalue weighted by Crippen LogP contribution is -2.01. The average molecular weight is 256 g/mol. The molecule has 0 bridgehead atoms. The molecule has 1 aromatic heterocycles. The molecule has 0 aliphatic rings. The first kappa shape index (κ1) is 11.4. The molecule has 0 unspecified atom stereocenters. The quantitative estimate of drug-likeness (QED) is 0.898. The van der Waals surface area contributed by atoms with Crippen molar-refractivity contribution in [1.82, 2.24) is 4.98 Å². The maximum atomic E-state index is 8.91. The minimum Gasteiger partial charge on any atom is -0.396 e. The summed E-state index contributed by atoms with van der Waals surface area (Å²) in [6.45, 7) is 6.13. The van der Waals surface area contributed by atoms with Gasteiger partial charge in [-0.05, 0) is 46.0 Å². The summed E-state index contributed by atoms with van der Waals surface area (Å²) in [5.41, 5.74) is 1.87. The van der Waals surface area contributed by atoms with Crippen LogP contribution in [0.1, 0.15) is 19.0 Å². The summed E-state index contributed by atoms with van der Waals surface area (Å²) in [5.74, 6) is 0.243. The van der Waals surface area contributed by atoms with E-state index in [1.807, 2.05) is 19.1 Å².